The summed E-state index contributed by atoms with van der Waals surface area (Å²) < 4.78 is 5.83. The molecule has 16 heavy (non-hydrogen) atoms. The highest BCUT2D eigenvalue weighted by Gasteiger charge is 2.29. The Bertz CT molecular complexity index is 180. The molecule has 0 spiro atoms. The Hall–Kier alpha value is -0.0800. The molecule has 1 N–H and O–H groups in total. The van der Waals surface area contributed by atoms with Crippen LogP contribution in [-0.4, -0.2) is 23.9 Å². The van der Waals surface area contributed by atoms with Crippen molar-refractivity contribution in [2.45, 2.75) is 71.5 Å². The molecule has 0 bridgehead atoms. The van der Waals surface area contributed by atoms with Crippen molar-refractivity contribution in [3.8, 4) is 0 Å². The lowest BCUT2D eigenvalue weighted by molar-refractivity contribution is -0.0742. The highest BCUT2D eigenvalue weighted by Crippen LogP contribution is 2.30. The molecule has 2 nitrogen and oxygen atoms in total. The van der Waals surface area contributed by atoms with E-state index in [1.165, 1.54) is 19.3 Å². The van der Waals surface area contributed by atoms with Gasteiger partial charge in [0.15, 0.2) is 0 Å². The third-order valence-corrected chi connectivity index (χ3v) is 3.59. The molecule has 0 saturated heterocycles. The van der Waals surface area contributed by atoms with Crippen LogP contribution in [-0.2, 0) is 4.74 Å². The minimum absolute atomic E-state index is 0.101. The highest BCUT2D eigenvalue weighted by atomic mass is 16.5. The average molecular weight is 228 g/mol. The van der Waals surface area contributed by atoms with Crippen LogP contribution in [0.25, 0.3) is 0 Å². The summed E-state index contributed by atoms with van der Waals surface area (Å²) in [6.07, 6.45) is 6.69. The summed E-state index contributed by atoms with van der Waals surface area (Å²) in [4.78, 5) is 0. The molecule has 3 unspecified atom stereocenters. The normalized spacial score (nSPS) is 30.9. The summed E-state index contributed by atoms with van der Waals surface area (Å²) in [6.45, 7) is 7.46. The number of hydrogen-bond donors (Lipinski definition) is 1. The van der Waals surface area contributed by atoms with Crippen molar-refractivity contribution >= 4 is 0 Å². The molecule has 96 valence electrons. The monoisotopic (exact) mass is 228 g/mol. The Morgan fingerprint density at radius 2 is 2.06 bits per heavy atom. The van der Waals surface area contributed by atoms with Crippen LogP contribution in [0.5, 0.6) is 0 Å². The van der Waals surface area contributed by atoms with Crippen molar-refractivity contribution in [3.63, 3.8) is 0 Å². The van der Waals surface area contributed by atoms with Crippen molar-refractivity contribution in [1.82, 2.24) is 0 Å². The largest absolute Gasteiger partial charge is 0.390 e. The van der Waals surface area contributed by atoms with E-state index in [-0.39, 0.29) is 12.2 Å². The number of rotatable bonds is 6. The molecular formula is C14H28O2. The summed E-state index contributed by atoms with van der Waals surface area (Å²) in [7, 11) is 0. The smallest absolute Gasteiger partial charge is 0.0836 e. The minimum Gasteiger partial charge on any atom is -0.390 e. The van der Waals surface area contributed by atoms with E-state index in [0.29, 0.717) is 5.92 Å². The van der Waals surface area contributed by atoms with Crippen molar-refractivity contribution < 1.29 is 9.84 Å². The van der Waals surface area contributed by atoms with Crippen LogP contribution >= 0.6 is 0 Å². The summed E-state index contributed by atoms with van der Waals surface area (Å²) in [5.41, 5.74) is 0. The van der Waals surface area contributed by atoms with Gasteiger partial charge in [0.25, 0.3) is 0 Å². The van der Waals surface area contributed by atoms with Gasteiger partial charge in [0.1, 0.15) is 0 Å². The fourth-order valence-corrected chi connectivity index (χ4v) is 2.50. The molecule has 0 heterocycles. The maximum absolute atomic E-state index is 9.90. The lowest BCUT2D eigenvalue weighted by atomic mass is 9.83. The number of ether oxygens (including phenoxy) is 1. The van der Waals surface area contributed by atoms with E-state index in [1.54, 1.807) is 0 Å². The van der Waals surface area contributed by atoms with E-state index in [0.717, 1.165) is 31.8 Å². The number of aliphatic hydroxyl groups excluding tert-OH is 1. The van der Waals surface area contributed by atoms with Gasteiger partial charge in [-0.15, -0.1) is 0 Å². The van der Waals surface area contributed by atoms with E-state index in [2.05, 4.69) is 20.8 Å². The van der Waals surface area contributed by atoms with Crippen LogP contribution in [0.2, 0.25) is 0 Å². The van der Waals surface area contributed by atoms with E-state index in [9.17, 15) is 5.11 Å². The Morgan fingerprint density at radius 1 is 1.31 bits per heavy atom. The van der Waals surface area contributed by atoms with Gasteiger partial charge in [-0.05, 0) is 37.5 Å². The topological polar surface area (TPSA) is 29.5 Å². The lowest BCUT2D eigenvalue weighted by Crippen LogP contribution is -2.36. The molecule has 1 aliphatic carbocycles. The maximum Gasteiger partial charge on any atom is 0.0836 e. The third-order valence-electron chi connectivity index (χ3n) is 3.59. The van der Waals surface area contributed by atoms with Gasteiger partial charge in [-0.25, -0.2) is 0 Å². The van der Waals surface area contributed by atoms with Crippen molar-refractivity contribution in [3.05, 3.63) is 0 Å². The molecular weight excluding hydrogens is 200 g/mol. The molecule has 3 atom stereocenters. The molecule has 0 aromatic rings. The molecule has 0 aromatic carbocycles. The Kier molecular flexibility index (Phi) is 6.37. The second-order valence-corrected chi connectivity index (χ2v) is 5.63. The van der Waals surface area contributed by atoms with Gasteiger partial charge in [-0.1, -0.05) is 33.6 Å². The Labute approximate surface area is 100 Å². The first-order chi connectivity index (χ1) is 7.63. The van der Waals surface area contributed by atoms with Gasteiger partial charge in [0, 0.05) is 6.61 Å². The van der Waals surface area contributed by atoms with Gasteiger partial charge in [-0.2, -0.15) is 0 Å². The molecule has 1 saturated carbocycles. The molecule has 0 aromatic heterocycles. The second kappa shape index (κ2) is 7.29. The summed E-state index contributed by atoms with van der Waals surface area (Å²) in [5.74, 6) is 1.46. The Balaban J connectivity index is 2.26. The molecule has 1 fully saturated rings. The second-order valence-electron chi connectivity index (χ2n) is 5.63. The SMILES string of the molecule is CCCC1CCC(O)C(OCCC(C)C)C1. The minimum atomic E-state index is -0.222. The summed E-state index contributed by atoms with van der Waals surface area (Å²) >= 11 is 0. The first-order valence-corrected chi connectivity index (χ1v) is 6.93. The molecule has 0 aliphatic heterocycles. The van der Waals surface area contributed by atoms with Crippen LogP contribution < -0.4 is 0 Å². The standard InChI is InChI=1S/C14H28O2/c1-4-5-12-6-7-13(15)14(10-12)16-9-8-11(2)3/h11-15H,4-10H2,1-3H3. The fourth-order valence-electron chi connectivity index (χ4n) is 2.50. The lowest BCUT2D eigenvalue weighted by Gasteiger charge is -2.33. The van der Waals surface area contributed by atoms with Gasteiger partial charge in [-0.3, -0.25) is 0 Å². The quantitative estimate of drug-likeness (QED) is 0.755. The molecule has 0 radical (unpaired) electrons. The van der Waals surface area contributed by atoms with Gasteiger partial charge < -0.3 is 9.84 Å². The highest BCUT2D eigenvalue weighted by molar-refractivity contribution is 4.80. The van der Waals surface area contributed by atoms with Gasteiger partial charge in [0.05, 0.1) is 12.2 Å². The van der Waals surface area contributed by atoms with E-state index in [1.807, 2.05) is 0 Å². The maximum atomic E-state index is 9.90. The predicted octanol–water partition coefficient (Wildman–Crippen LogP) is 3.38. The summed E-state index contributed by atoms with van der Waals surface area (Å²) in [5, 5.41) is 9.90. The summed E-state index contributed by atoms with van der Waals surface area (Å²) in [6, 6.07) is 0. The third kappa shape index (κ3) is 4.84. The van der Waals surface area contributed by atoms with Crippen LogP contribution in [0.3, 0.4) is 0 Å². The first-order valence-electron chi connectivity index (χ1n) is 6.93. The zero-order valence-corrected chi connectivity index (χ0v) is 11.1. The van der Waals surface area contributed by atoms with Crippen LogP contribution in [0, 0.1) is 11.8 Å². The Morgan fingerprint density at radius 3 is 2.69 bits per heavy atom. The van der Waals surface area contributed by atoms with Gasteiger partial charge in [0.2, 0.25) is 0 Å². The molecule has 1 rings (SSSR count). The molecule has 1 aliphatic rings. The zero-order chi connectivity index (χ0) is 12.0. The van der Waals surface area contributed by atoms with Gasteiger partial charge >= 0.3 is 0 Å². The predicted molar refractivity (Wildman–Crippen MR) is 67.5 cm³/mol. The number of hydrogen-bond acceptors (Lipinski definition) is 2. The van der Waals surface area contributed by atoms with E-state index >= 15 is 0 Å². The van der Waals surface area contributed by atoms with Crippen LogP contribution in [0.1, 0.15) is 59.3 Å². The van der Waals surface area contributed by atoms with E-state index < -0.39 is 0 Å². The average Bonchev–Trinajstić information content (AvgIpc) is 2.22. The number of aliphatic hydroxyl groups is 1. The first kappa shape index (κ1) is 14.0. The van der Waals surface area contributed by atoms with Crippen LogP contribution in [0.4, 0.5) is 0 Å². The van der Waals surface area contributed by atoms with Crippen LogP contribution in [0.15, 0.2) is 0 Å². The fraction of sp³-hybridized carbons (Fsp3) is 1.00. The molecule has 2 heteroatoms. The van der Waals surface area contributed by atoms with Crippen molar-refractivity contribution in [1.29, 1.82) is 0 Å². The van der Waals surface area contributed by atoms with Crippen molar-refractivity contribution in [2.24, 2.45) is 11.8 Å². The van der Waals surface area contributed by atoms with E-state index in [4.69, 9.17) is 4.74 Å². The zero-order valence-electron chi connectivity index (χ0n) is 11.1. The molecule has 0 amide bonds. The van der Waals surface area contributed by atoms with Crippen molar-refractivity contribution in [2.75, 3.05) is 6.61 Å².